The van der Waals surface area contributed by atoms with E-state index in [0.29, 0.717) is 23.6 Å². The van der Waals surface area contributed by atoms with Crippen LogP contribution >= 0.6 is 11.6 Å². The van der Waals surface area contributed by atoms with Gasteiger partial charge in [0.25, 0.3) is 5.91 Å². The zero-order valence-corrected chi connectivity index (χ0v) is 19.0. The van der Waals surface area contributed by atoms with Gasteiger partial charge < -0.3 is 10.1 Å². The Labute approximate surface area is 187 Å². The topological polar surface area (TPSA) is 92.8 Å². The van der Waals surface area contributed by atoms with Crippen molar-refractivity contribution < 1.29 is 22.7 Å². The smallest absolute Gasteiger partial charge is 0.309 e. The van der Waals surface area contributed by atoms with E-state index in [9.17, 15) is 18.0 Å². The summed E-state index contributed by atoms with van der Waals surface area (Å²) in [7, 11) is -3.58. The summed E-state index contributed by atoms with van der Waals surface area (Å²) in [6, 6.07) is 11.8. The van der Waals surface area contributed by atoms with Gasteiger partial charge in [-0.25, -0.2) is 8.42 Å². The summed E-state index contributed by atoms with van der Waals surface area (Å²) in [5, 5.41) is 3.09. The first-order valence-corrected chi connectivity index (χ1v) is 11.8. The third-order valence-electron chi connectivity index (χ3n) is 5.21. The number of anilines is 1. The number of aryl methyl sites for hydroxylation is 2. The molecule has 0 atom stereocenters. The van der Waals surface area contributed by atoms with E-state index in [1.807, 2.05) is 19.9 Å². The van der Waals surface area contributed by atoms with Crippen molar-refractivity contribution in [1.29, 1.82) is 0 Å². The van der Waals surface area contributed by atoms with E-state index in [0.717, 1.165) is 11.1 Å². The molecule has 2 aromatic carbocycles. The molecule has 1 saturated heterocycles. The Morgan fingerprint density at radius 3 is 2.39 bits per heavy atom. The molecule has 0 radical (unpaired) electrons. The number of hydrogen-bond donors (Lipinski definition) is 1. The van der Waals surface area contributed by atoms with Crippen LogP contribution in [0.1, 0.15) is 24.0 Å². The van der Waals surface area contributed by atoms with Gasteiger partial charge in [0.1, 0.15) is 0 Å². The summed E-state index contributed by atoms with van der Waals surface area (Å²) in [4.78, 5) is 24.8. The normalized spacial score (nSPS) is 15.5. The van der Waals surface area contributed by atoms with Crippen molar-refractivity contribution in [3.63, 3.8) is 0 Å². The lowest BCUT2D eigenvalue weighted by atomic mass is 9.98. The number of esters is 1. The molecule has 0 bridgehead atoms. The first kappa shape index (κ1) is 23.2. The van der Waals surface area contributed by atoms with Crippen LogP contribution in [0.2, 0.25) is 5.02 Å². The second kappa shape index (κ2) is 9.80. The predicted octanol–water partition coefficient (Wildman–Crippen LogP) is 3.54. The number of nitrogens with zero attached hydrogens (tertiary/aromatic N) is 1. The monoisotopic (exact) mass is 464 g/mol. The summed E-state index contributed by atoms with van der Waals surface area (Å²) in [6.45, 7) is 3.76. The van der Waals surface area contributed by atoms with Gasteiger partial charge in [0.2, 0.25) is 10.0 Å². The van der Waals surface area contributed by atoms with E-state index >= 15 is 0 Å². The van der Waals surface area contributed by atoms with E-state index in [1.165, 1.54) is 4.31 Å². The third kappa shape index (κ3) is 5.64. The maximum Gasteiger partial charge on any atom is 0.309 e. The quantitative estimate of drug-likeness (QED) is 0.660. The van der Waals surface area contributed by atoms with Gasteiger partial charge in [-0.1, -0.05) is 35.9 Å². The Hall–Kier alpha value is -2.42. The molecule has 1 aliphatic rings. The molecule has 166 valence electrons. The van der Waals surface area contributed by atoms with Gasteiger partial charge in [0.15, 0.2) is 6.61 Å². The van der Waals surface area contributed by atoms with Gasteiger partial charge in [-0.15, -0.1) is 0 Å². The lowest BCUT2D eigenvalue weighted by molar-refractivity contribution is -0.152. The summed E-state index contributed by atoms with van der Waals surface area (Å²) < 4.78 is 31.9. The average Bonchev–Trinajstić information content (AvgIpc) is 2.75. The Morgan fingerprint density at radius 2 is 1.77 bits per heavy atom. The van der Waals surface area contributed by atoms with Crippen LogP contribution in [0.4, 0.5) is 5.69 Å². The molecule has 0 aliphatic carbocycles. The van der Waals surface area contributed by atoms with Crippen LogP contribution in [0.15, 0.2) is 47.4 Å². The van der Waals surface area contributed by atoms with E-state index in [2.05, 4.69) is 5.32 Å². The number of benzene rings is 2. The minimum Gasteiger partial charge on any atom is -0.455 e. The van der Waals surface area contributed by atoms with Crippen molar-refractivity contribution >= 4 is 39.2 Å². The molecule has 31 heavy (non-hydrogen) atoms. The minimum absolute atomic E-state index is 0.224. The van der Waals surface area contributed by atoms with Gasteiger partial charge >= 0.3 is 5.97 Å². The number of carbonyl (C=O) groups excluding carboxylic acids is 2. The largest absolute Gasteiger partial charge is 0.455 e. The minimum atomic E-state index is -3.58. The first-order valence-electron chi connectivity index (χ1n) is 9.97. The van der Waals surface area contributed by atoms with Crippen LogP contribution in [0, 0.1) is 19.8 Å². The average molecular weight is 465 g/mol. The fourth-order valence-electron chi connectivity index (χ4n) is 3.58. The van der Waals surface area contributed by atoms with E-state index < -0.39 is 34.4 Å². The molecule has 0 unspecified atom stereocenters. The van der Waals surface area contributed by atoms with Crippen molar-refractivity contribution in [3.8, 4) is 0 Å². The van der Waals surface area contributed by atoms with E-state index in [-0.39, 0.29) is 18.0 Å². The van der Waals surface area contributed by atoms with Crippen molar-refractivity contribution in [2.24, 2.45) is 5.92 Å². The zero-order chi connectivity index (χ0) is 22.6. The number of sulfonamides is 1. The molecule has 1 aliphatic heterocycles. The second-order valence-corrected chi connectivity index (χ2v) is 9.93. The van der Waals surface area contributed by atoms with Crippen LogP contribution in [0.25, 0.3) is 0 Å². The number of halogens is 1. The molecule has 9 heteroatoms. The van der Waals surface area contributed by atoms with Crippen molar-refractivity contribution in [2.75, 3.05) is 25.0 Å². The van der Waals surface area contributed by atoms with E-state index in [4.69, 9.17) is 16.3 Å². The first-order chi connectivity index (χ1) is 14.7. The number of rotatable bonds is 6. The molecule has 1 amide bonds. The highest BCUT2D eigenvalue weighted by Crippen LogP contribution is 2.27. The molecule has 2 aromatic rings. The number of piperidine rings is 1. The van der Waals surface area contributed by atoms with Crippen LogP contribution in [-0.2, 0) is 24.3 Å². The molecule has 1 N–H and O–H groups in total. The van der Waals surface area contributed by atoms with Gasteiger partial charge in [0, 0.05) is 13.1 Å². The zero-order valence-electron chi connectivity index (χ0n) is 17.4. The molecule has 0 spiro atoms. The highest BCUT2D eigenvalue weighted by Gasteiger charge is 2.32. The van der Waals surface area contributed by atoms with Gasteiger partial charge in [-0.2, -0.15) is 4.31 Å². The number of ether oxygens (including phenoxy) is 1. The summed E-state index contributed by atoms with van der Waals surface area (Å²) in [6.07, 6.45) is 0.685. The Kier molecular flexibility index (Phi) is 7.35. The summed E-state index contributed by atoms with van der Waals surface area (Å²) in [5.41, 5.74) is 2.29. The van der Waals surface area contributed by atoms with E-state index in [1.54, 1.807) is 36.4 Å². The third-order valence-corrected chi connectivity index (χ3v) is 7.42. The summed E-state index contributed by atoms with van der Waals surface area (Å²) in [5.74, 6) is -1.43. The predicted molar refractivity (Wildman–Crippen MR) is 118 cm³/mol. The Balaban J connectivity index is 1.50. The number of carbonyl (C=O) groups is 2. The van der Waals surface area contributed by atoms with Crippen molar-refractivity contribution in [1.82, 2.24) is 4.31 Å². The van der Waals surface area contributed by atoms with Gasteiger partial charge in [-0.05, 0) is 56.0 Å². The molecule has 1 heterocycles. The highest BCUT2D eigenvalue weighted by atomic mass is 35.5. The van der Waals surface area contributed by atoms with Crippen molar-refractivity contribution in [2.45, 2.75) is 31.6 Å². The standard InChI is InChI=1S/C22H25ClN2O5S/c1-15-12-16(2)21(19(23)13-15)24-20(26)14-30-22(27)17-8-10-25(11-9-17)31(28,29)18-6-4-3-5-7-18/h3-7,12-13,17H,8-11,14H2,1-2H3,(H,24,26). The fraction of sp³-hybridized carbons (Fsp3) is 0.364. The SMILES string of the molecule is Cc1cc(C)c(NC(=O)COC(=O)C2CCN(S(=O)(=O)c3ccccc3)CC2)c(Cl)c1. The van der Waals surface area contributed by atoms with Gasteiger partial charge in [0.05, 0.1) is 21.5 Å². The van der Waals surface area contributed by atoms with Crippen molar-refractivity contribution in [3.05, 3.63) is 58.6 Å². The fourth-order valence-corrected chi connectivity index (χ4v) is 5.44. The van der Waals surface area contributed by atoms with Crippen LogP contribution in [0.5, 0.6) is 0 Å². The second-order valence-electron chi connectivity index (χ2n) is 7.59. The van der Waals surface area contributed by atoms with Gasteiger partial charge in [-0.3, -0.25) is 9.59 Å². The maximum absolute atomic E-state index is 12.7. The lowest BCUT2D eigenvalue weighted by Crippen LogP contribution is -2.40. The lowest BCUT2D eigenvalue weighted by Gasteiger charge is -2.30. The molecule has 0 aromatic heterocycles. The maximum atomic E-state index is 12.7. The number of nitrogens with one attached hydrogen (secondary N) is 1. The molecule has 1 fully saturated rings. The number of hydrogen-bond acceptors (Lipinski definition) is 5. The Bertz CT molecular complexity index is 1040. The highest BCUT2D eigenvalue weighted by molar-refractivity contribution is 7.89. The number of amides is 1. The van der Waals surface area contributed by atoms with Crippen LogP contribution in [0.3, 0.4) is 0 Å². The molecule has 7 nitrogen and oxygen atoms in total. The Morgan fingerprint density at radius 1 is 1.13 bits per heavy atom. The van der Waals surface area contributed by atoms with Crippen LogP contribution in [-0.4, -0.2) is 44.3 Å². The molecular weight excluding hydrogens is 440 g/mol. The molecule has 0 saturated carbocycles. The molecular formula is C22H25ClN2O5S. The summed E-state index contributed by atoms with van der Waals surface area (Å²) >= 11 is 6.18. The molecule has 3 rings (SSSR count). The van der Waals surface area contributed by atoms with Crippen LogP contribution < -0.4 is 5.32 Å².